The van der Waals surface area contributed by atoms with Gasteiger partial charge >= 0.3 is 6.18 Å². The molecule has 0 aliphatic rings. The van der Waals surface area contributed by atoms with Gasteiger partial charge in [-0.05, 0) is 33.2 Å². The lowest BCUT2D eigenvalue weighted by Crippen LogP contribution is -2.22. The Kier molecular flexibility index (Phi) is 5.61. The van der Waals surface area contributed by atoms with Gasteiger partial charge in [0, 0.05) is 24.8 Å². The highest BCUT2D eigenvalue weighted by Gasteiger charge is 2.33. The fourth-order valence-corrected chi connectivity index (χ4v) is 1.91. The number of likely N-dealkylation sites (N-methyl/N-ethyl adjacent to an activating group) is 1. The van der Waals surface area contributed by atoms with Crippen LogP contribution >= 0.6 is 0 Å². The Morgan fingerprint density at radius 3 is 2.33 bits per heavy atom. The quantitative estimate of drug-likeness (QED) is 0.843. The fraction of sp³-hybridized carbons (Fsp3) is 0.375. The van der Waals surface area contributed by atoms with E-state index in [0.29, 0.717) is 18.8 Å². The summed E-state index contributed by atoms with van der Waals surface area (Å²) in [6.45, 7) is 3.03. The van der Waals surface area contributed by atoms with Crippen LogP contribution in [0.2, 0.25) is 0 Å². The van der Waals surface area contributed by atoms with Gasteiger partial charge in [0.2, 0.25) is 5.95 Å². The number of hydrogen-bond donors (Lipinski definition) is 2. The summed E-state index contributed by atoms with van der Waals surface area (Å²) in [5.41, 5.74) is 0.733. The zero-order valence-corrected chi connectivity index (χ0v) is 13.8. The number of aryl methyl sites for hydroxylation is 1. The van der Waals surface area contributed by atoms with E-state index in [9.17, 15) is 13.2 Å². The van der Waals surface area contributed by atoms with E-state index in [1.807, 2.05) is 38.1 Å². The van der Waals surface area contributed by atoms with E-state index in [4.69, 9.17) is 0 Å². The number of rotatable bonds is 6. The molecule has 8 heteroatoms. The molecular weight excluding hydrogens is 319 g/mol. The van der Waals surface area contributed by atoms with Crippen molar-refractivity contribution in [2.75, 3.05) is 37.8 Å². The summed E-state index contributed by atoms with van der Waals surface area (Å²) in [6.07, 6.45) is -4.54. The van der Waals surface area contributed by atoms with Crippen LogP contribution in [0.1, 0.15) is 11.3 Å². The molecule has 24 heavy (non-hydrogen) atoms. The lowest BCUT2D eigenvalue weighted by atomic mass is 10.2. The predicted octanol–water partition coefficient (Wildman–Crippen LogP) is 3.52. The zero-order valence-electron chi connectivity index (χ0n) is 13.8. The minimum atomic E-state index is -4.54. The Morgan fingerprint density at radius 2 is 1.75 bits per heavy atom. The number of nitrogens with one attached hydrogen (secondary N) is 2. The third-order valence-corrected chi connectivity index (χ3v) is 3.18. The van der Waals surface area contributed by atoms with Crippen LogP contribution in [0, 0.1) is 6.92 Å². The smallest absolute Gasteiger partial charge is 0.353 e. The molecule has 0 aliphatic heterocycles. The van der Waals surface area contributed by atoms with Crippen molar-refractivity contribution in [2.45, 2.75) is 13.1 Å². The van der Waals surface area contributed by atoms with Crippen LogP contribution in [-0.4, -0.2) is 42.1 Å². The molecule has 0 saturated carbocycles. The summed E-state index contributed by atoms with van der Waals surface area (Å²) < 4.78 is 39.1. The minimum Gasteiger partial charge on any atom is -0.353 e. The predicted molar refractivity (Wildman–Crippen MR) is 88.5 cm³/mol. The summed E-state index contributed by atoms with van der Waals surface area (Å²) in [6, 6.07) is 8.19. The number of aromatic nitrogens is 2. The van der Waals surface area contributed by atoms with Crippen LogP contribution in [0.4, 0.5) is 30.6 Å². The van der Waals surface area contributed by atoms with Crippen LogP contribution in [-0.2, 0) is 6.18 Å². The average molecular weight is 339 g/mol. The first-order valence-corrected chi connectivity index (χ1v) is 7.42. The molecule has 0 atom stereocenters. The highest BCUT2D eigenvalue weighted by atomic mass is 19.4. The SMILES string of the molecule is Cc1ccc(Nc2cc(C(F)(F)F)nc(NCCN(C)C)n2)cc1. The molecule has 0 radical (unpaired) electrons. The standard InChI is InChI=1S/C16H20F3N5/c1-11-4-6-12(7-5-11)21-14-10-13(16(17,18)19)22-15(23-14)20-8-9-24(2)3/h4-7,10H,8-9H2,1-3H3,(H2,20,21,22,23). The Labute approximate surface area is 138 Å². The summed E-state index contributed by atoms with van der Waals surface area (Å²) in [5, 5.41) is 5.70. The monoisotopic (exact) mass is 339 g/mol. The van der Waals surface area contributed by atoms with Crippen LogP contribution in [0.5, 0.6) is 0 Å². The van der Waals surface area contributed by atoms with Gasteiger partial charge in [-0.2, -0.15) is 18.2 Å². The number of benzene rings is 1. The maximum absolute atomic E-state index is 13.0. The van der Waals surface area contributed by atoms with E-state index >= 15 is 0 Å². The third kappa shape index (κ3) is 5.38. The van der Waals surface area contributed by atoms with Crippen molar-refractivity contribution >= 4 is 17.5 Å². The van der Waals surface area contributed by atoms with Gasteiger partial charge in [-0.3, -0.25) is 0 Å². The van der Waals surface area contributed by atoms with Crippen molar-refractivity contribution in [2.24, 2.45) is 0 Å². The number of halogens is 3. The van der Waals surface area contributed by atoms with Crippen molar-refractivity contribution in [1.29, 1.82) is 0 Å². The summed E-state index contributed by atoms with van der Waals surface area (Å²) in [5.74, 6) is 0.0369. The second kappa shape index (κ2) is 7.48. The minimum absolute atomic E-state index is 0.0544. The van der Waals surface area contributed by atoms with Crippen LogP contribution in [0.15, 0.2) is 30.3 Å². The molecule has 2 N–H and O–H groups in total. The second-order valence-corrected chi connectivity index (χ2v) is 5.68. The van der Waals surface area contributed by atoms with Gasteiger partial charge in [0.15, 0.2) is 5.69 Å². The summed E-state index contributed by atoms with van der Waals surface area (Å²) in [7, 11) is 3.75. The molecule has 0 amide bonds. The molecule has 0 unspecified atom stereocenters. The first-order valence-electron chi connectivity index (χ1n) is 7.42. The normalized spacial score (nSPS) is 11.6. The molecule has 1 aromatic carbocycles. The number of hydrogen-bond acceptors (Lipinski definition) is 5. The van der Waals surface area contributed by atoms with E-state index in [1.54, 1.807) is 12.1 Å². The van der Waals surface area contributed by atoms with Gasteiger partial charge in [0.05, 0.1) is 0 Å². The third-order valence-electron chi connectivity index (χ3n) is 3.18. The number of alkyl halides is 3. The lowest BCUT2D eigenvalue weighted by molar-refractivity contribution is -0.141. The highest BCUT2D eigenvalue weighted by molar-refractivity contribution is 5.58. The van der Waals surface area contributed by atoms with Crippen molar-refractivity contribution in [3.05, 3.63) is 41.6 Å². The molecule has 2 rings (SSSR count). The molecule has 2 aromatic rings. The van der Waals surface area contributed by atoms with E-state index in [2.05, 4.69) is 20.6 Å². The Morgan fingerprint density at radius 1 is 1.08 bits per heavy atom. The topological polar surface area (TPSA) is 53.1 Å². The molecular formula is C16H20F3N5. The van der Waals surface area contributed by atoms with Gasteiger partial charge in [-0.25, -0.2) is 4.98 Å². The van der Waals surface area contributed by atoms with Gasteiger partial charge in [-0.15, -0.1) is 0 Å². The highest BCUT2D eigenvalue weighted by Crippen LogP contribution is 2.30. The Bertz CT molecular complexity index is 668. The molecule has 0 fully saturated rings. The average Bonchev–Trinajstić information content (AvgIpc) is 2.48. The van der Waals surface area contributed by atoms with Gasteiger partial charge < -0.3 is 15.5 Å². The van der Waals surface area contributed by atoms with Gasteiger partial charge in [0.25, 0.3) is 0 Å². The zero-order chi connectivity index (χ0) is 17.7. The Balaban J connectivity index is 2.23. The van der Waals surface area contributed by atoms with E-state index in [1.165, 1.54) is 0 Å². The summed E-state index contributed by atoms with van der Waals surface area (Å²) >= 11 is 0. The number of anilines is 3. The van der Waals surface area contributed by atoms with E-state index in [0.717, 1.165) is 11.6 Å². The van der Waals surface area contributed by atoms with Gasteiger partial charge in [0.1, 0.15) is 5.82 Å². The molecule has 0 spiro atoms. The molecule has 0 bridgehead atoms. The first kappa shape index (κ1) is 18.0. The maximum atomic E-state index is 13.0. The Hall–Kier alpha value is -2.35. The van der Waals surface area contributed by atoms with Crippen molar-refractivity contribution in [1.82, 2.24) is 14.9 Å². The number of nitrogens with zero attached hydrogens (tertiary/aromatic N) is 3. The lowest BCUT2D eigenvalue weighted by Gasteiger charge is -2.14. The second-order valence-electron chi connectivity index (χ2n) is 5.68. The first-order chi connectivity index (χ1) is 11.2. The largest absolute Gasteiger partial charge is 0.433 e. The van der Waals surface area contributed by atoms with Crippen molar-refractivity contribution in [3.63, 3.8) is 0 Å². The molecule has 130 valence electrons. The van der Waals surface area contributed by atoms with Gasteiger partial charge in [-0.1, -0.05) is 17.7 Å². The van der Waals surface area contributed by atoms with E-state index in [-0.39, 0.29) is 11.8 Å². The molecule has 1 aromatic heterocycles. The molecule has 1 heterocycles. The van der Waals surface area contributed by atoms with E-state index < -0.39 is 11.9 Å². The molecule has 0 aliphatic carbocycles. The van der Waals surface area contributed by atoms with Crippen molar-refractivity contribution in [3.8, 4) is 0 Å². The van der Waals surface area contributed by atoms with Crippen LogP contribution in [0.3, 0.4) is 0 Å². The van der Waals surface area contributed by atoms with Crippen molar-refractivity contribution < 1.29 is 13.2 Å². The molecule has 0 saturated heterocycles. The molecule has 5 nitrogen and oxygen atoms in total. The van der Waals surface area contributed by atoms with Crippen LogP contribution < -0.4 is 10.6 Å². The fourth-order valence-electron chi connectivity index (χ4n) is 1.91. The maximum Gasteiger partial charge on any atom is 0.433 e. The summed E-state index contributed by atoms with van der Waals surface area (Å²) in [4.78, 5) is 9.57. The van der Waals surface area contributed by atoms with Crippen LogP contribution in [0.25, 0.3) is 0 Å².